The molecule has 0 saturated carbocycles. The van der Waals surface area contributed by atoms with Crippen LogP contribution >= 0.6 is 11.8 Å². The van der Waals surface area contributed by atoms with Gasteiger partial charge in [-0.3, -0.25) is 14.7 Å². The minimum absolute atomic E-state index is 0.361. The van der Waals surface area contributed by atoms with Crippen LogP contribution in [-0.4, -0.2) is 57.9 Å². The minimum Gasteiger partial charge on any atom is -0.338 e. The van der Waals surface area contributed by atoms with Crippen LogP contribution in [0.2, 0.25) is 0 Å². The van der Waals surface area contributed by atoms with Crippen LogP contribution in [0.15, 0.2) is 24.4 Å². The van der Waals surface area contributed by atoms with Crippen molar-refractivity contribution >= 4 is 17.7 Å². The zero-order valence-electron chi connectivity index (χ0n) is 14.0. The predicted octanol–water partition coefficient (Wildman–Crippen LogP) is 2.65. The van der Waals surface area contributed by atoms with Crippen molar-refractivity contribution in [3.05, 3.63) is 30.1 Å². The van der Waals surface area contributed by atoms with Crippen molar-refractivity contribution in [3.63, 3.8) is 0 Å². The highest BCUT2D eigenvalue weighted by Gasteiger charge is 2.36. The molecule has 0 aromatic carbocycles. The quantitative estimate of drug-likeness (QED) is 0.750. The molecule has 3 saturated heterocycles. The number of rotatable bonds is 6. The van der Waals surface area contributed by atoms with Gasteiger partial charge in [0.25, 0.3) is 0 Å². The van der Waals surface area contributed by atoms with Gasteiger partial charge in [0.05, 0.1) is 5.69 Å². The van der Waals surface area contributed by atoms with E-state index in [0.717, 1.165) is 49.8 Å². The second kappa shape index (κ2) is 8.15. The largest absolute Gasteiger partial charge is 0.338 e. The van der Waals surface area contributed by atoms with Gasteiger partial charge in [0.15, 0.2) is 0 Å². The van der Waals surface area contributed by atoms with Gasteiger partial charge < -0.3 is 4.90 Å². The molecule has 2 atom stereocenters. The number of carbonyl (C=O) groups is 1. The predicted molar refractivity (Wildman–Crippen MR) is 95.4 cm³/mol. The lowest BCUT2D eigenvalue weighted by atomic mass is 9.95. The summed E-state index contributed by atoms with van der Waals surface area (Å²) in [6, 6.07) is 6.51. The lowest BCUT2D eigenvalue weighted by Gasteiger charge is -2.36. The molecule has 0 unspecified atom stereocenters. The first-order valence-corrected chi connectivity index (χ1v) is 9.91. The molecule has 1 aromatic heterocycles. The first-order valence-electron chi connectivity index (χ1n) is 8.75. The number of carbonyl (C=O) groups excluding carboxylic acids is 1. The van der Waals surface area contributed by atoms with E-state index in [1.54, 1.807) is 0 Å². The summed E-state index contributed by atoms with van der Waals surface area (Å²) in [5, 5.41) is 0. The second-order valence-corrected chi connectivity index (χ2v) is 8.00. The molecule has 126 valence electrons. The third-order valence-electron chi connectivity index (χ3n) is 4.89. The van der Waals surface area contributed by atoms with Gasteiger partial charge in [0, 0.05) is 50.6 Å². The van der Waals surface area contributed by atoms with Crippen molar-refractivity contribution in [3.8, 4) is 0 Å². The van der Waals surface area contributed by atoms with E-state index >= 15 is 0 Å². The summed E-state index contributed by atoms with van der Waals surface area (Å²) in [4.78, 5) is 21.7. The molecule has 1 aromatic rings. The molecule has 4 rings (SSSR count). The zero-order valence-corrected chi connectivity index (χ0v) is 14.8. The van der Waals surface area contributed by atoms with Gasteiger partial charge in [-0.15, -0.1) is 0 Å². The van der Waals surface area contributed by atoms with Gasteiger partial charge in [0.1, 0.15) is 0 Å². The van der Waals surface area contributed by atoms with Crippen LogP contribution in [0, 0.1) is 5.92 Å². The number of nitrogens with zero attached hydrogens (tertiary/aromatic N) is 3. The Bertz CT molecular complexity index is 510. The van der Waals surface area contributed by atoms with Crippen molar-refractivity contribution in [1.29, 1.82) is 0 Å². The number of fused-ring (bicyclic) bond motifs is 4. The van der Waals surface area contributed by atoms with Gasteiger partial charge in [-0.1, -0.05) is 13.0 Å². The molecule has 4 nitrogen and oxygen atoms in total. The van der Waals surface area contributed by atoms with Gasteiger partial charge >= 0.3 is 0 Å². The van der Waals surface area contributed by atoms with Gasteiger partial charge in [-0.25, -0.2) is 0 Å². The van der Waals surface area contributed by atoms with Gasteiger partial charge in [0.2, 0.25) is 5.91 Å². The fourth-order valence-electron chi connectivity index (χ4n) is 3.78. The first kappa shape index (κ1) is 16.8. The lowest BCUT2D eigenvalue weighted by molar-refractivity contribution is -0.134. The summed E-state index contributed by atoms with van der Waals surface area (Å²) in [6.07, 6.45) is 4.98. The van der Waals surface area contributed by atoms with Crippen LogP contribution in [0.5, 0.6) is 0 Å². The summed E-state index contributed by atoms with van der Waals surface area (Å²) >= 11 is 1.86. The molecule has 2 bridgehead atoms. The van der Waals surface area contributed by atoms with Crippen molar-refractivity contribution < 1.29 is 4.79 Å². The molecule has 5 heteroatoms. The van der Waals surface area contributed by atoms with Crippen LogP contribution < -0.4 is 0 Å². The topological polar surface area (TPSA) is 36.4 Å². The number of aromatic nitrogens is 1. The molecule has 23 heavy (non-hydrogen) atoms. The van der Waals surface area contributed by atoms with Gasteiger partial charge in [-0.2, -0.15) is 11.8 Å². The van der Waals surface area contributed by atoms with E-state index in [9.17, 15) is 4.79 Å². The molecule has 3 aliphatic rings. The maximum Gasteiger partial charge on any atom is 0.223 e. The maximum atomic E-state index is 12.6. The van der Waals surface area contributed by atoms with Crippen LogP contribution in [0.4, 0.5) is 0 Å². The molecular formula is C18H27N3OS. The molecule has 0 aliphatic carbocycles. The van der Waals surface area contributed by atoms with E-state index in [1.165, 1.54) is 6.42 Å². The van der Waals surface area contributed by atoms with Crippen molar-refractivity contribution in [2.75, 3.05) is 31.1 Å². The van der Waals surface area contributed by atoms with Crippen molar-refractivity contribution in [2.45, 2.75) is 38.8 Å². The third-order valence-corrected chi connectivity index (χ3v) is 5.79. The number of amides is 1. The zero-order chi connectivity index (χ0) is 16.1. The monoisotopic (exact) mass is 333 g/mol. The number of hydrogen-bond acceptors (Lipinski definition) is 4. The number of thioether (sulfide) groups is 1. The molecule has 4 heterocycles. The van der Waals surface area contributed by atoms with E-state index in [0.29, 0.717) is 24.3 Å². The molecule has 0 radical (unpaired) electrons. The lowest BCUT2D eigenvalue weighted by Crippen LogP contribution is -2.47. The Hall–Kier alpha value is -1.07. The smallest absolute Gasteiger partial charge is 0.223 e. The molecule has 3 aliphatic heterocycles. The second-order valence-electron chi connectivity index (χ2n) is 6.61. The Labute approximate surface area is 143 Å². The molecule has 0 spiro atoms. The van der Waals surface area contributed by atoms with E-state index < -0.39 is 0 Å². The Kier molecular flexibility index (Phi) is 5.95. The van der Waals surface area contributed by atoms with Crippen LogP contribution in [-0.2, 0) is 11.3 Å². The number of piperidine rings is 1. The first-order chi connectivity index (χ1) is 11.3. The Morgan fingerprint density at radius 3 is 3.00 bits per heavy atom. The molecule has 3 fully saturated rings. The van der Waals surface area contributed by atoms with E-state index in [4.69, 9.17) is 0 Å². The highest BCUT2D eigenvalue weighted by atomic mass is 32.2. The maximum absolute atomic E-state index is 12.6. The van der Waals surface area contributed by atoms with Crippen LogP contribution in [0.25, 0.3) is 0 Å². The van der Waals surface area contributed by atoms with Gasteiger partial charge in [-0.05, 0) is 36.6 Å². The van der Waals surface area contributed by atoms with Crippen LogP contribution in [0.1, 0.15) is 31.9 Å². The van der Waals surface area contributed by atoms with Crippen molar-refractivity contribution in [2.24, 2.45) is 5.92 Å². The average molecular weight is 334 g/mol. The summed E-state index contributed by atoms with van der Waals surface area (Å²) < 4.78 is 0. The Morgan fingerprint density at radius 2 is 2.22 bits per heavy atom. The normalized spacial score (nSPS) is 24.7. The summed E-state index contributed by atoms with van der Waals surface area (Å²) in [7, 11) is 0. The van der Waals surface area contributed by atoms with Crippen molar-refractivity contribution in [1.82, 2.24) is 14.8 Å². The highest BCUT2D eigenvalue weighted by Crippen LogP contribution is 2.29. The highest BCUT2D eigenvalue weighted by molar-refractivity contribution is 7.99. The summed E-state index contributed by atoms with van der Waals surface area (Å²) in [6.45, 7) is 6.11. The summed E-state index contributed by atoms with van der Waals surface area (Å²) in [5.74, 6) is 3.04. The SMILES string of the molecule is CCSCCC(=O)N1C[C@@H]2CC[C@H]1CN(Cc1ccccn1)C2. The number of pyridine rings is 1. The Balaban J connectivity index is 1.60. The molecule has 0 N–H and O–H groups in total. The molecular weight excluding hydrogens is 306 g/mol. The fraction of sp³-hybridized carbons (Fsp3) is 0.667. The Morgan fingerprint density at radius 1 is 1.30 bits per heavy atom. The van der Waals surface area contributed by atoms with E-state index in [2.05, 4.69) is 33.8 Å². The minimum atomic E-state index is 0.361. The third kappa shape index (κ3) is 4.48. The van der Waals surface area contributed by atoms with Crippen LogP contribution in [0.3, 0.4) is 0 Å². The van der Waals surface area contributed by atoms with E-state index in [-0.39, 0.29) is 0 Å². The number of hydrogen-bond donors (Lipinski definition) is 0. The average Bonchev–Trinajstić information content (AvgIpc) is 2.86. The fourth-order valence-corrected chi connectivity index (χ4v) is 4.39. The standard InChI is InChI=1S/C18H27N3OS/c1-2-23-10-8-18(22)21-12-15-6-7-17(21)14-20(11-15)13-16-5-3-4-9-19-16/h3-5,9,15,17H,2,6-8,10-14H2,1H3/t15-,17+/m1/s1. The van der Waals surface area contributed by atoms with E-state index in [1.807, 2.05) is 24.0 Å². The molecule has 1 amide bonds. The summed E-state index contributed by atoms with van der Waals surface area (Å²) in [5.41, 5.74) is 1.13.